The van der Waals surface area contributed by atoms with E-state index < -0.39 is 23.8 Å². The standard InChI is InChI=1S/C19H17F2N5O3/c1-11(27)23-9-15-10-26(19(28)29-15)14-4-5-16(18(21)7-14)12-2-3-13(8-24-25-22)17(20)6-12/h2-7,15H,8-10H2,1H3,(H,23,27)/t15-/m0/s1. The molecule has 10 heteroatoms. The smallest absolute Gasteiger partial charge is 0.414 e. The molecule has 0 saturated carbocycles. The predicted molar refractivity (Wildman–Crippen MR) is 101 cm³/mol. The zero-order valence-corrected chi connectivity index (χ0v) is 15.4. The minimum Gasteiger partial charge on any atom is -0.442 e. The first kappa shape index (κ1) is 20.1. The number of cyclic esters (lactones) is 1. The van der Waals surface area contributed by atoms with Gasteiger partial charge in [0.05, 0.1) is 25.3 Å². The first-order valence-corrected chi connectivity index (χ1v) is 8.71. The molecule has 0 aromatic heterocycles. The summed E-state index contributed by atoms with van der Waals surface area (Å²) >= 11 is 0. The third kappa shape index (κ3) is 4.61. The van der Waals surface area contributed by atoms with E-state index in [1.54, 1.807) is 0 Å². The van der Waals surface area contributed by atoms with Crippen molar-refractivity contribution in [3.63, 3.8) is 0 Å². The van der Waals surface area contributed by atoms with Gasteiger partial charge in [0.2, 0.25) is 5.91 Å². The molecule has 0 unspecified atom stereocenters. The van der Waals surface area contributed by atoms with Gasteiger partial charge in [-0.15, -0.1) is 0 Å². The molecule has 8 nitrogen and oxygen atoms in total. The second-order valence-electron chi connectivity index (χ2n) is 6.41. The lowest BCUT2D eigenvalue weighted by atomic mass is 10.0. The molecule has 1 saturated heterocycles. The molecule has 0 aliphatic carbocycles. The van der Waals surface area contributed by atoms with Crippen molar-refractivity contribution in [3.05, 3.63) is 64.0 Å². The molecule has 0 radical (unpaired) electrons. The Morgan fingerprint density at radius 1 is 1.31 bits per heavy atom. The van der Waals surface area contributed by atoms with Gasteiger partial charge in [0.25, 0.3) is 0 Å². The normalized spacial score (nSPS) is 15.6. The van der Waals surface area contributed by atoms with Crippen molar-refractivity contribution >= 4 is 17.7 Å². The zero-order valence-electron chi connectivity index (χ0n) is 15.4. The van der Waals surface area contributed by atoms with E-state index >= 15 is 0 Å². The summed E-state index contributed by atoms with van der Waals surface area (Å²) in [5.41, 5.74) is 9.29. The molecule has 1 heterocycles. The Bertz CT molecular complexity index is 1010. The quantitative estimate of drug-likeness (QED) is 0.450. The lowest BCUT2D eigenvalue weighted by molar-refractivity contribution is -0.119. The van der Waals surface area contributed by atoms with Crippen LogP contribution in [0, 0.1) is 11.6 Å². The lowest BCUT2D eigenvalue weighted by Gasteiger charge is -2.15. The average Bonchev–Trinajstić information content (AvgIpc) is 3.06. The maximum atomic E-state index is 14.7. The SMILES string of the molecule is CC(=O)NC[C@H]1CN(c2ccc(-c3ccc(CN=[N+]=[N-])c(F)c3)c(F)c2)C(=O)O1. The van der Waals surface area contributed by atoms with Crippen molar-refractivity contribution in [1.29, 1.82) is 0 Å². The van der Waals surface area contributed by atoms with Crippen molar-refractivity contribution < 1.29 is 23.1 Å². The maximum absolute atomic E-state index is 14.7. The minimum absolute atomic E-state index is 0.138. The number of hydrogen-bond donors (Lipinski definition) is 1. The number of halogens is 2. The number of benzene rings is 2. The van der Waals surface area contributed by atoms with Gasteiger partial charge < -0.3 is 10.1 Å². The maximum Gasteiger partial charge on any atom is 0.414 e. The molecule has 1 aliphatic heterocycles. The van der Waals surface area contributed by atoms with E-state index in [1.807, 2.05) is 0 Å². The monoisotopic (exact) mass is 401 g/mol. The number of rotatable bonds is 6. The molecule has 2 aromatic rings. The number of nitrogens with zero attached hydrogens (tertiary/aromatic N) is 4. The van der Waals surface area contributed by atoms with Crippen LogP contribution in [-0.2, 0) is 16.1 Å². The summed E-state index contributed by atoms with van der Waals surface area (Å²) in [7, 11) is 0. The van der Waals surface area contributed by atoms with Gasteiger partial charge in [-0.05, 0) is 40.9 Å². The first-order chi connectivity index (χ1) is 13.9. The summed E-state index contributed by atoms with van der Waals surface area (Å²) in [6.45, 7) is 1.55. The highest BCUT2D eigenvalue weighted by atomic mass is 19.1. The molecular formula is C19H17F2N5O3. The van der Waals surface area contributed by atoms with E-state index in [-0.39, 0.29) is 36.7 Å². The summed E-state index contributed by atoms with van der Waals surface area (Å²) in [6, 6.07) is 8.26. The van der Waals surface area contributed by atoms with Crippen molar-refractivity contribution in [2.24, 2.45) is 5.11 Å². The number of carbonyl (C=O) groups excluding carboxylic acids is 2. The van der Waals surface area contributed by atoms with Crippen molar-refractivity contribution in [2.75, 3.05) is 18.0 Å². The Hall–Kier alpha value is -3.65. The molecule has 1 fully saturated rings. The van der Waals surface area contributed by atoms with Crippen LogP contribution >= 0.6 is 0 Å². The van der Waals surface area contributed by atoms with Gasteiger partial charge in [0, 0.05) is 17.4 Å². The molecule has 1 aliphatic rings. The highest BCUT2D eigenvalue weighted by molar-refractivity contribution is 5.90. The zero-order chi connectivity index (χ0) is 21.0. The van der Waals surface area contributed by atoms with Gasteiger partial charge in [-0.25, -0.2) is 13.6 Å². The van der Waals surface area contributed by atoms with Crippen LogP contribution in [0.4, 0.5) is 19.3 Å². The summed E-state index contributed by atoms with van der Waals surface area (Å²) in [6.07, 6.45) is -1.17. The number of hydrogen-bond acceptors (Lipinski definition) is 4. The van der Waals surface area contributed by atoms with Crippen LogP contribution < -0.4 is 10.2 Å². The molecule has 150 valence electrons. The minimum atomic E-state index is -0.638. The molecule has 29 heavy (non-hydrogen) atoms. The van der Waals surface area contributed by atoms with Gasteiger partial charge >= 0.3 is 6.09 Å². The number of anilines is 1. The Morgan fingerprint density at radius 2 is 2.10 bits per heavy atom. The second kappa shape index (κ2) is 8.57. The van der Waals surface area contributed by atoms with Gasteiger partial charge in [-0.1, -0.05) is 17.2 Å². The van der Waals surface area contributed by atoms with Gasteiger partial charge in [-0.2, -0.15) is 0 Å². The summed E-state index contributed by atoms with van der Waals surface area (Å²) in [5, 5.41) is 5.87. The van der Waals surface area contributed by atoms with E-state index in [4.69, 9.17) is 10.3 Å². The number of ether oxygens (including phenoxy) is 1. The fourth-order valence-corrected chi connectivity index (χ4v) is 2.95. The Labute approximate surface area is 164 Å². The predicted octanol–water partition coefficient (Wildman–Crippen LogP) is 3.90. The third-order valence-electron chi connectivity index (χ3n) is 4.39. The summed E-state index contributed by atoms with van der Waals surface area (Å²) in [4.78, 5) is 26.9. The first-order valence-electron chi connectivity index (χ1n) is 8.71. The molecule has 3 rings (SSSR count). The summed E-state index contributed by atoms with van der Waals surface area (Å²) < 4.78 is 34.0. The fourth-order valence-electron chi connectivity index (χ4n) is 2.95. The summed E-state index contributed by atoms with van der Waals surface area (Å²) in [5.74, 6) is -1.49. The third-order valence-corrected chi connectivity index (χ3v) is 4.39. The van der Waals surface area contributed by atoms with Crippen LogP contribution in [-0.4, -0.2) is 31.2 Å². The molecule has 0 spiro atoms. The number of carbonyl (C=O) groups is 2. The number of nitrogens with one attached hydrogen (secondary N) is 1. The van der Waals surface area contributed by atoms with Gasteiger partial charge in [0.15, 0.2) is 0 Å². The van der Waals surface area contributed by atoms with Crippen molar-refractivity contribution in [1.82, 2.24) is 5.32 Å². The number of azide groups is 1. The number of amides is 2. The topological polar surface area (TPSA) is 107 Å². The molecule has 0 bridgehead atoms. The van der Waals surface area contributed by atoms with E-state index in [1.165, 1.54) is 42.2 Å². The fraction of sp³-hybridized carbons (Fsp3) is 0.263. The van der Waals surface area contributed by atoms with E-state index in [0.717, 1.165) is 6.07 Å². The average molecular weight is 401 g/mol. The highest BCUT2D eigenvalue weighted by Crippen LogP contribution is 2.30. The molecule has 1 N–H and O–H groups in total. The Morgan fingerprint density at radius 3 is 2.76 bits per heavy atom. The van der Waals surface area contributed by atoms with Crippen LogP contribution in [0.15, 0.2) is 41.5 Å². The molecular weight excluding hydrogens is 384 g/mol. The largest absolute Gasteiger partial charge is 0.442 e. The van der Waals surface area contributed by atoms with Crippen LogP contribution in [0.25, 0.3) is 21.6 Å². The van der Waals surface area contributed by atoms with Crippen LogP contribution in [0.3, 0.4) is 0 Å². The van der Waals surface area contributed by atoms with Gasteiger partial charge in [-0.3, -0.25) is 9.69 Å². The lowest BCUT2D eigenvalue weighted by Crippen LogP contribution is -2.33. The van der Waals surface area contributed by atoms with E-state index in [2.05, 4.69) is 15.3 Å². The van der Waals surface area contributed by atoms with E-state index in [9.17, 15) is 18.4 Å². The van der Waals surface area contributed by atoms with E-state index in [0.29, 0.717) is 11.3 Å². The van der Waals surface area contributed by atoms with Crippen LogP contribution in [0.1, 0.15) is 12.5 Å². The molecule has 2 aromatic carbocycles. The van der Waals surface area contributed by atoms with Crippen molar-refractivity contribution in [2.45, 2.75) is 19.6 Å². The van der Waals surface area contributed by atoms with Crippen LogP contribution in [0.5, 0.6) is 0 Å². The highest BCUT2D eigenvalue weighted by Gasteiger charge is 2.32. The van der Waals surface area contributed by atoms with Crippen LogP contribution in [0.2, 0.25) is 0 Å². The second-order valence-corrected chi connectivity index (χ2v) is 6.41. The Balaban J connectivity index is 1.78. The molecule has 2 amide bonds. The molecule has 1 atom stereocenters. The Kier molecular flexibility index (Phi) is 5.94. The van der Waals surface area contributed by atoms with Gasteiger partial charge in [0.1, 0.15) is 17.7 Å². The van der Waals surface area contributed by atoms with Crippen molar-refractivity contribution in [3.8, 4) is 11.1 Å².